The van der Waals surface area contributed by atoms with Gasteiger partial charge in [-0.3, -0.25) is 4.79 Å². The molecule has 31 heavy (non-hydrogen) atoms. The zero-order valence-corrected chi connectivity index (χ0v) is 17.8. The fraction of sp³-hybridized carbons (Fsp3) is 0.200. The van der Waals surface area contributed by atoms with Crippen LogP contribution in [0.15, 0.2) is 65.2 Å². The van der Waals surface area contributed by atoms with E-state index in [-0.39, 0.29) is 5.91 Å². The van der Waals surface area contributed by atoms with Crippen LogP contribution in [-0.2, 0) is 0 Å². The van der Waals surface area contributed by atoms with Gasteiger partial charge < -0.3 is 19.3 Å². The van der Waals surface area contributed by atoms with Crippen LogP contribution < -0.4 is 14.8 Å². The normalized spacial score (nSPS) is 10.8. The molecule has 0 aliphatic heterocycles. The minimum absolute atomic E-state index is 0.257. The summed E-state index contributed by atoms with van der Waals surface area (Å²) >= 11 is 0. The van der Waals surface area contributed by atoms with Gasteiger partial charge in [0, 0.05) is 17.2 Å². The van der Waals surface area contributed by atoms with E-state index in [1.165, 1.54) is 0 Å². The Hall–Kier alpha value is -3.80. The predicted octanol–water partition coefficient (Wildman–Crippen LogP) is 5.85. The molecule has 0 aliphatic rings. The number of rotatable bonds is 7. The molecular formula is C25H24N2O4. The summed E-state index contributed by atoms with van der Waals surface area (Å²) in [4.78, 5) is 13.0. The summed E-state index contributed by atoms with van der Waals surface area (Å²) < 4.78 is 16.8. The smallest absolute Gasteiger partial charge is 0.255 e. The number of fused-ring (bicyclic) bond motifs is 1. The maximum absolute atomic E-state index is 13.0. The average molecular weight is 416 g/mol. The fourth-order valence-electron chi connectivity index (χ4n) is 3.33. The van der Waals surface area contributed by atoms with Crippen LogP contribution in [0.2, 0.25) is 0 Å². The van der Waals surface area contributed by atoms with Gasteiger partial charge in [-0.05, 0) is 51.1 Å². The Kier molecular flexibility index (Phi) is 5.89. The third-order valence-corrected chi connectivity index (χ3v) is 4.86. The topological polar surface area (TPSA) is 73.6 Å². The van der Waals surface area contributed by atoms with Crippen molar-refractivity contribution in [2.24, 2.45) is 0 Å². The number of nitrogens with zero attached hydrogens (tertiary/aromatic N) is 1. The molecule has 0 spiro atoms. The van der Waals surface area contributed by atoms with E-state index >= 15 is 0 Å². The average Bonchev–Trinajstić information content (AvgIpc) is 3.19. The van der Waals surface area contributed by atoms with Crippen molar-refractivity contribution >= 4 is 22.5 Å². The minimum Gasteiger partial charge on any atom is -0.494 e. The largest absolute Gasteiger partial charge is 0.494 e. The Balaban J connectivity index is 1.66. The molecule has 4 rings (SSSR count). The molecule has 0 aliphatic carbocycles. The van der Waals surface area contributed by atoms with Gasteiger partial charge in [0.25, 0.3) is 5.91 Å². The highest BCUT2D eigenvalue weighted by Crippen LogP contribution is 2.32. The molecule has 1 aromatic heterocycles. The third kappa shape index (κ3) is 4.38. The Morgan fingerprint density at radius 2 is 1.74 bits per heavy atom. The summed E-state index contributed by atoms with van der Waals surface area (Å²) in [5.41, 5.74) is 3.82. The summed E-state index contributed by atoms with van der Waals surface area (Å²) in [6.07, 6.45) is 0. The number of carbonyl (C=O) groups is 1. The van der Waals surface area contributed by atoms with E-state index in [4.69, 9.17) is 14.0 Å². The summed E-state index contributed by atoms with van der Waals surface area (Å²) in [6, 6.07) is 18.7. The van der Waals surface area contributed by atoms with Gasteiger partial charge in [0.05, 0.1) is 24.3 Å². The molecule has 0 unspecified atom stereocenters. The molecule has 0 saturated carbocycles. The van der Waals surface area contributed by atoms with Gasteiger partial charge in [0.2, 0.25) is 0 Å². The first-order valence-corrected chi connectivity index (χ1v) is 10.3. The van der Waals surface area contributed by atoms with Crippen molar-refractivity contribution in [3.63, 3.8) is 0 Å². The Morgan fingerprint density at radius 3 is 2.48 bits per heavy atom. The second kappa shape index (κ2) is 8.92. The number of nitrogens with one attached hydrogen (secondary N) is 1. The van der Waals surface area contributed by atoms with E-state index in [0.29, 0.717) is 47.2 Å². The van der Waals surface area contributed by atoms with Crippen molar-refractivity contribution in [3.05, 3.63) is 71.8 Å². The van der Waals surface area contributed by atoms with Crippen LogP contribution in [0, 0.1) is 6.92 Å². The number of anilines is 1. The SMILES string of the molecule is CCOc1ccc(OCC)c(NC(=O)c2ccc3noc(-c4ccc(C)cc4)c3c2)c1. The molecule has 6 heteroatoms. The quantitative estimate of drug-likeness (QED) is 0.409. The lowest BCUT2D eigenvalue weighted by molar-refractivity contribution is 0.102. The monoisotopic (exact) mass is 416 g/mol. The van der Waals surface area contributed by atoms with Crippen molar-refractivity contribution < 1.29 is 18.8 Å². The summed E-state index contributed by atoms with van der Waals surface area (Å²) in [7, 11) is 0. The highest BCUT2D eigenvalue weighted by atomic mass is 16.5. The molecule has 4 aromatic rings. The molecule has 3 aromatic carbocycles. The summed E-state index contributed by atoms with van der Waals surface area (Å²) in [5, 5.41) is 7.85. The molecule has 0 fully saturated rings. The van der Waals surface area contributed by atoms with Crippen molar-refractivity contribution in [2.45, 2.75) is 20.8 Å². The molecule has 0 bridgehead atoms. The fourth-order valence-corrected chi connectivity index (χ4v) is 3.33. The number of amides is 1. The zero-order valence-electron chi connectivity index (χ0n) is 17.8. The van der Waals surface area contributed by atoms with Crippen LogP contribution in [0.25, 0.3) is 22.2 Å². The molecule has 6 nitrogen and oxygen atoms in total. The van der Waals surface area contributed by atoms with E-state index in [1.807, 2.05) is 51.1 Å². The molecule has 0 saturated heterocycles. The molecule has 1 heterocycles. The zero-order chi connectivity index (χ0) is 21.8. The van der Waals surface area contributed by atoms with Gasteiger partial charge in [0.1, 0.15) is 17.0 Å². The Morgan fingerprint density at radius 1 is 0.968 bits per heavy atom. The lowest BCUT2D eigenvalue weighted by atomic mass is 10.0. The van der Waals surface area contributed by atoms with Crippen molar-refractivity contribution in [2.75, 3.05) is 18.5 Å². The van der Waals surface area contributed by atoms with Crippen LogP contribution in [-0.4, -0.2) is 24.3 Å². The number of hydrogen-bond donors (Lipinski definition) is 1. The molecular weight excluding hydrogens is 392 g/mol. The second-order valence-corrected chi connectivity index (χ2v) is 7.09. The van der Waals surface area contributed by atoms with Crippen molar-refractivity contribution in [1.82, 2.24) is 5.16 Å². The third-order valence-electron chi connectivity index (χ3n) is 4.86. The van der Waals surface area contributed by atoms with E-state index in [1.54, 1.807) is 30.3 Å². The Bertz CT molecular complexity index is 1210. The molecule has 1 N–H and O–H groups in total. The van der Waals surface area contributed by atoms with Crippen molar-refractivity contribution in [1.29, 1.82) is 0 Å². The van der Waals surface area contributed by atoms with Crippen LogP contribution in [0.3, 0.4) is 0 Å². The highest BCUT2D eigenvalue weighted by molar-refractivity contribution is 6.08. The minimum atomic E-state index is -0.257. The number of ether oxygens (including phenoxy) is 2. The van der Waals surface area contributed by atoms with E-state index < -0.39 is 0 Å². The number of aryl methyl sites for hydroxylation is 1. The van der Waals surface area contributed by atoms with Gasteiger partial charge >= 0.3 is 0 Å². The second-order valence-electron chi connectivity index (χ2n) is 7.09. The van der Waals surface area contributed by atoms with Gasteiger partial charge in [-0.25, -0.2) is 0 Å². The van der Waals surface area contributed by atoms with Crippen molar-refractivity contribution in [3.8, 4) is 22.8 Å². The van der Waals surface area contributed by atoms with Crippen LogP contribution in [0.5, 0.6) is 11.5 Å². The first-order valence-electron chi connectivity index (χ1n) is 10.3. The Labute approximate surface area is 180 Å². The maximum atomic E-state index is 13.0. The lowest BCUT2D eigenvalue weighted by Gasteiger charge is -2.13. The number of aromatic nitrogens is 1. The maximum Gasteiger partial charge on any atom is 0.255 e. The van der Waals surface area contributed by atoms with Gasteiger partial charge in [-0.1, -0.05) is 35.0 Å². The van der Waals surface area contributed by atoms with E-state index in [2.05, 4.69) is 10.5 Å². The standard InChI is InChI=1S/C25H24N2O4/c1-4-29-19-11-13-23(30-5-2)22(15-19)26-25(28)18-10-12-21-20(14-18)24(31-27-21)17-8-6-16(3)7-9-17/h6-15H,4-5H2,1-3H3,(H,26,28). The number of hydrogen-bond acceptors (Lipinski definition) is 5. The van der Waals surface area contributed by atoms with Gasteiger partial charge in [-0.15, -0.1) is 0 Å². The highest BCUT2D eigenvalue weighted by Gasteiger charge is 2.16. The first-order chi connectivity index (χ1) is 15.1. The molecule has 1 amide bonds. The number of carbonyl (C=O) groups excluding carboxylic acids is 1. The summed E-state index contributed by atoms with van der Waals surface area (Å²) in [5.74, 6) is 1.63. The van der Waals surface area contributed by atoms with Crippen LogP contribution >= 0.6 is 0 Å². The van der Waals surface area contributed by atoms with Crippen LogP contribution in [0.4, 0.5) is 5.69 Å². The molecule has 158 valence electrons. The van der Waals surface area contributed by atoms with E-state index in [0.717, 1.165) is 16.5 Å². The number of benzene rings is 3. The van der Waals surface area contributed by atoms with Gasteiger partial charge in [-0.2, -0.15) is 0 Å². The molecule has 0 atom stereocenters. The van der Waals surface area contributed by atoms with Crippen LogP contribution in [0.1, 0.15) is 29.8 Å². The molecule has 0 radical (unpaired) electrons. The van der Waals surface area contributed by atoms with Gasteiger partial charge in [0.15, 0.2) is 5.76 Å². The summed E-state index contributed by atoms with van der Waals surface area (Å²) in [6.45, 7) is 6.86. The van der Waals surface area contributed by atoms with E-state index in [9.17, 15) is 4.79 Å². The lowest BCUT2D eigenvalue weighted by Crippen LogP contribution is -2.13. The predicted molar refractivity (Wildman–Crippen MR) is 121 cm³/mol. The first kappa shape index (κ1) is 20.5.